The summed E-state index contributed by atoms with van der Waals surface area (Å²) in [6.07, 6.45) is 3.61. The van der Waals surface area contributed by atoms with Crippen molar-refractivity contribution in [1.29, 1.82) is 0 Å². The zero-order chi connectivity index (χ0) is 9.23. The first kappa shape index (κ1) is 10.2. The van der Waals surface area contributed by atoms with E-state index in [1.165, 1.54) is 12.5 Å². The molecule has 0 saturated carbocycles. The van der Waals surface area contributed by atoms with E-state index in [1.54, 1.807) is 0 Å². The van der Waals surface area contributed by atoms with Crippen LogP contribution in [0.4, 0.5) is 4.79 Å². The van der Waals surface area contributed by atoms with E-state index < -0.39 is 6.03 Å². The Morgan fingerprint density at radius 1 is 1.50 bits per heavy atom. The van der Waals surface area contributed by atoms with Gasteiger partial charge in [-0.25, -0.2) is 9.79 Å². The van der Waals surface area contributed by atoms with E-state index in [2.05, 4.69) is 27.7 Å². The van der Waals surface area contributed by atoms with Crippen LogP contribution in [0.25, 0.3) is 0 Å². The standard InChI is InChI=1S/C7H10N2O3/c1-3-11-6-5-8-7(10)9-12-4-2/h3-5H,1-2,6H2,(H,9,10). The predicted octanol–water partition coefficient (Wildman–Crippen LogP) is 1.00. The third-order valence-electron chi connectivity index (χ3n) is 0.727. The molecule has 0 fully saturated rings. The molecule has 0 aromatic carbocycles. The summed E-state index contributed by atoms with van der Waals surface area (Å²) in [5.74, 6) is 0. The molecule has 0 rings (SSSR count). The van der Waals surface area contributed by atoms with Gasteiger partial charge >= 0.3 is 6.03 Å². The van der Waals surface area contributed by atoms with Crippen molar-refractivity contribution in [3.63, 3.8) is 0 Å². The molecule has 5 heteroatoms. The molecule has 1 N–H and O–H groups in total. The van der Waals surface area contributed by atoms with E-state index in [-0.39, 0.29) is 6.61 Å². The Bertz CT molecular complexity index is 189. The lowest BCUT2D eigenvalue weighted by Crippen LogP contribution is -2.17. The van der Waals surface area contributed by atoms with E-state index >= 15 is 0 Å². The highest BCUT2D eigenvalue weighted by Gasteiger charge is 1.91. The summed E-state index contributed by atoms with van der Waals surface area (Å²) in [6, 6.07) is -0.623. The summed E-state index contributed by atoms with van der Waals surface area (Å²) in [7, 11) is 0. The second kappa shape index (κ2) is 7.33. The van der Waals surface area contributed by atoms with Gasteiger partial charge in [0.05, 0.1) is 6.26 Å². The van der Waals surface area contributed by atoms with Gasteiger partial charge in [0.1, 0.15) is 12.9 Å². The second-order valence-corrected chi connectivity index (χ2v) is 1.50. The van der Waals surface area contributed by atoms with E-state index in [0.29, 0.717) is 0 Å². The quantitative estimate of drug-likeness (QED) is 0.290. The molecule has 0 heterocycles. The van der Waals surface area contributed by atoms with Gasteiger partial charge in [0.15, 0.2) is 0 Å². The minimum atomic E-state index is -0.623. The Kier molecular flexibility index (Phi) is 6.24. The van der Waals surface area contributed by atoms with Crippen molar-refractivity contribution in [1.82, 2.24) is 5.48 Å². The largest absolute Gasteiger partial charge is 0.496 e. The topological polar surface area (TPSA) is 59.9 Å². The van der Waals surface area contributed by atoms with Crippen LogP contribution in [0.3, 0.4) is 0 Å². The van der Waals surface area contributed by atoms with Gasteiger partial charge < -0.3 is 9.57 Å². The average molecular weight is 170 g/mol. The Morgan fingerprint density at radius 2 is 2.25 bits per heavy atom. The Balaban J connectivity index is 3.46. The molecule has 5 nitrogen and oxygen atoms in total. The number of hydroxylamine groups is 1. The van der Waals surface area contributed by atoms with Crippen LogP contribution < -0.4 is 5.48 Å². The van der Waals surface area contributed by atoms with Gasteiger partial charge in [-0.2, -0.15) is 5.48 Å². The number of carbonyl (C=O) groups excluding carboxylic acids is 1. The monoisotopic (exact) mass is 170 g/mol. The minimum Gasteiger partial charge on any atom is -0.496 e. The number of rotatable bonds is 5. The van der Waals surface area contributed by atoms with Gasteiger partial charge in [-0.05, 0) is 0 Å². The zero-order valence-electron chi connectivity index (χ0n) is 6.53. The maximum absolute atomic E-state index is 10.6. The molecule has 0 atom stereocenters. The number of ether oxygens (including phenoxy) is 1. The lowest BCUT2D eigenvalue weighted by molar-refractivity contribution is 0.148. The van der Waals surface area contributed by atoms with Crippen LogP contribution in [-0.2, 0) is 9.57 Å². The molecule has 0 aliphatic heterocycles. The molecule has 0 aromatic rings. The summed E-state index contributed by atoms with van der Waals surface area (Å²) in [5, 5.41) is 0. The van der Waals surface area contributed by atoms with E-state index in [9.17, 15) is 4.79 Å². The minimum absolute atomic E-state index is 0.199. The Morgan fingerprint density at radius 3 is 2.83 bits per heavy atom. The first-order valence-corrected chi connectivity index (χ1v) is 3.12. The molecule has 0 saturated heterocycles. The van der Waals surface area contributed by atoms with Crippen LogP contribution in [0.5, 0.6) is 0 Å². The van der Waals surface area contributed by atoms with Crippen molar-refractivity contribution in [3.8, 4) is 0 Å². The highest BCUT2D eigenvalue weighted by Crippen LogP contribution is 1.75. The predicted molar refractivity (Wildman–Crippen MR) is 44.5 cm³/mol. The SMILES string of the molecule is C=COCC=NC(=O)NOC=C. The lowest BCUT2D eigenvalue weighted by atomic mass is 10.8. The van der Waals surface area contributed by atoms with E-state index in [4.69, 9.17) is 0 Å². The van der Waals surface area contributed by atoms with Crippen molar-refractivity contribution >= 4 is 12.2 Å². The van der Waals surface area contributed by atoms with Crippen LogP contribution >= 0.6 is 0 Å². The van der Waals surface area contributed by atoms with Crippen molar-refractivity contribution < 1.29 is 14.4 Å². The number of urea groups is 1. The molecule has 2 amide bonds. The van der Waals surface area contributed by atoms with Gasteiger partial charge in [-0.15, -0.1) is 0 Å². The fraction of sp³-hybridized carbons (Fsp3) is 0.143. The van der Waals surface area contributed by atoms with Gasteiger partial charge in [-0.1, -0.05) is 13.2 Å². The van der Waals surface area contributed by atoms with E-state index in [0.717, 1.165) is 6.26 Å². The summed E-state index contributed by atoms with van der Waals surface area (Å²) < 4.78 is 4.66. The molecular weight excluding hydrogens is 160 g/mol. The Labute approximate surface area is 70.3 Å². The Hall–Kier alpha value is -1.78. The number of carbonyl (C=O) groups is 1. The summed E-state index contributed by atoms with van der Waals surface area (Å²) in [5.41, 5.74) is 1.97. The molecule has 0 bridgehead atoms. The number of hydrogen-bond acceptors (Lipinski definition) is 3. The van der Waals surface area contributed by atoms with Gasteiger partial charge in [0.2, 0.25) is 0 Å². The normalized spacial score (nSPS) is 9.00. The van der Waals surface area contributed by atoms with E-state index in [1.807, 2.05) is 5.48 Å². The fourth-order valence-corrected chi connectivity index (χ4v) is 0.350. The molecule has 66 valence electrons. The van der Waals surface area contributed by atoms with Crippen LogP contribution in [0.15, 0.2) is 30.7 Å². The number of nitrogens with one attached hydrogen (secondary N) is 1. The summed E-state index contributed by atoms with van der Waals surface area (Å²) in [4.78, 5) is 18.3. The van der Waals surface area contributed by atoms with Crippen molar-refractivity contribution in [3.05, 3.63) is 25.7 Å². The molecule has 0 unspecified atom stereocenters. The molecule has 0 aromatic heterocycles. The fourth-order valence-electron chi connectivity index (χ4n) is 0.350. The van der Waals surface area contributed by atoms with Crippen LogP contribution in [0, 0.1) is 0 Å². The summed E-state index contributed by atoms with van der Waals surface area (Å²) >= 11 is 0. The summed E-state index contributed by atoms with van der Waals surface area (Å²) in [6.45, 7) is 6.72. The molecule has 0 radical (unpaired) electrons. The van der Waals surface area contributed by atoms with Gasteiger partial charge in [0, 0.05) is 6.21 Å². The van der Waals surface area contributed by atoms with Crippen LogP contribution in [0.1, 0.15) is 0 Å². The number of amides is 2. The first-order chi connectivity index (χ1) is 5.81. The smallest absolute Gasteiger partial charge is 0.373 e. The molecule has 12 heavy (non-hydrogen) atoms. The second-order valence-electron chi connectivity index (χ2n) is 1.50. The van der Waals surface area contributed by atoms with Crippen molar-refractivity contribution in [2.45, 2.75) is 0 Å². The lowest BCUT2D eigenvalue weighted by Gasteiger charge is -1.96. The third kappa shape index (κ3) is 6.34. The van der Waals surface area contributed by atoms with Crippen molar-refractivity contribution in [2.24, 2.45) is 4.99 Å². The molecule has 0 aliphatic carbocycles. The van der Waals surface area contributed by atoms with Crippen LogP contribution in [0.2, 0.25) is 0 Å². The highest BCUT2D eigenvalue weighted by atomic mass is 16.6. The third-order valence-corrected chi connectivity index (χ3v) is 0.727. The number of hydrogen-bond donors (Lipinski definition) is 1. The van der Waals surface area contributed by atoms with Crippen molar-refractivity contribution in [2.75, 3.05) is 6.61 Å². The maximum Gasteiger partial charge on any atom is 0.373 e. The molecule has 0 aliphatic rings. The highest BCUT2D eigenvalue weighted by molar-refractivity contribution is 5.83. The first-order valence-electron chi connectivity index (χ1n) is 3.12. The zero-order valence-corrected chi connectivity index (χ0v) is 6.53. The molecule has 0 spiro atoms. The number of aliphatic imine (C=N–C) groups is 1. The van der Waals surface area contributed by atoms with Crippen LogP contribution in [-0.4, -0.2) is 18.9 Å². The van der Waals surface area contributed by atoms with Gasteiger partial charge in [-0.3, -0.25) is 0 Å². The average Bonchev–Trinajstić information content (AvgIpc) is 2.09. The van der Waals surface area contributed by atoms with Gasteiger partial charge in [0.25, 0.3) is 0 Å². The molecular formula is C7H10N2O3. The number of nitrogens with zero attached hydrogens (tertiary/aromatic N) is 1. The maximum atomic E-state index is 10.6.